The largest absolute Gasteiger partial charge is 0.394 e. The van der Waals surface area contributed by atoms with E-state index in [1.807, 2.05) is 6.07 Å². The minimum Gasteiger partial charge on any atom is -0.394 e. The Kier molecular flexibility index (Phi) is 12.1. The van der Waals surface area contributed by atoms with Crippen LogP contribution >= 0.6 is 0 Å². The van der Waals surface area contributed by atoms with Gasteiger partial charge in [0.2, 0.25) is 5.95 Å². The van der Waals surface area contributed by atoms with E-state index in [0.717, 1.165) is 64.6 Å². The maximum atomic E-state index is 8.81. The molecule has 1 aromatic heterocycles. The van der Waals surface area contributed by atoms with Gasteiger partial charge in [0.05, 0.1) is 19.8 Å². The molecule has 1 saturated heterocycles. The fraction of sp³-hybridized carbons (Fsp3) is 0.615. The topological polar surface area (TPSA) is 124 Å². The first kappa shape index (κ1) is 28.1. The molecule has 1 fully saturated rings. The molecular weight excluding hydrogens is 456 g/mol. The zero-order valence-corrected chi connectivity index (χ0v) is 21.9. The highest BCUT2D eigenvalue weighted by Gasteiger charge is 2.19. The lowest BCUT2D eigenvalue weighted by molar-refractivity contribution is 0.0724. The monoisotopic (exact) mass is 500 g/mol. The van der Waals surface area contributed by atoms with Crippen LogP contribution in [0.15, 0.2) is 30.3 Å². The number of hydrogen-bond donors (Lipinski definition) is 5. The molecule has 0 spiro atoms. The molecule has 2 heterocycles. The van der Waals surface area contributed by atoms with Gasteiger partial charge in [-0.05, 0) is 30.6 Å². The van der Waals surface area contributed by atoms with Gasteiger partial charge in [-0.25, -0.2) is 0 Å². The number of ether oxygens (including phenoxy) is 1. The number of nitrogen functional groups attached to an aromatic ring is 1. The third kappa shape index (κ3) is 10.2. The molecule has 6 N–H and O–H groups in total. The summed E-state index contributed by atoms with van der Waals surface area (Å²) < 4.78 is 5.38. The molecule has 0 atom stereocenters. The first-order valence-electron chi connectivity index (χ1n) is 13.1. The lowest BCUT2D eigenvalue weighted by Gasteiger charge is -2.35. The number of rotatable bonds is 16. The number of piperazine rings is 1. The Bertz CT molecular complexity index is 873. The SMILES string of the molecule is CC(C)NCCCNCc1ccc(CNc2nc(N)cc(N3CCN(CCOCCO)CC3)n2)cc1. The fourth-order valence-electron chi connectivity index (χ4n) is 4.05. The van der Waals surface area contributed by atoms with Crippen LogP contribution in [0.25, 0.3) is 0 Å². The molecule has 2 aromatic rings. The molecule has 1 aliphatic rings. The smallest absolute Gasteiger partial charge is 0.226 e. The Hall–Kier alpha value is -2.50. The van der Waals surface area contributed by atoms with Gasteiger partial charge in [0.1, 0.15) is 11.6 Å². The Labute approximate surface area is 215 Å². The number of nitrogens with one attached hydrogen (secondary N) is 3. The highest BCUT2D eigenvalue weighted by Crippen LogP contribution is 2.19. The van der Waals surface area contributed by atoms with E-state index in [1.165, 1.54) is 11.1 Å². The normalized spacial score (nSPS) is 14.5. The number of aromatic nitrogens is 2. The highest BCUT2D eigenvalue weighted by molar-refractivity contribution is 5.52. The third-order valence-corrected chi connectivity index (χ3v) is 6.10. The third-order valence-electron chi connectivity index (χ3n) is 6.10. The van der Waals surface area contributed by atoms with E-state index in [9.17, 15) is 0 Å². The van der Waals surface area contributed by atoms with Crippen molar-refractivity contribution < 1.29 is 9.84 Å². The van der Waals surface area contributed by atoms with E-state index in [2.05, 4.69) is 68.8 Å². The van der Waals surface area contributed by atoms with Gasteiger partial charge in [-0.2, -0.15) is 9.97 Å². The lowest BCUT2D eigenvalue weighted by Crippen LogP contribution is -2.47. The fourth-order valence-corrected chi connectivity index (χ4v) is 4.05. The van der Waals surface area contributed by atoms with Gasteiger partial charge in [0, 0.05) is 57.9 Å². The van der Waals surface area contributed by atoms with Gasteiger partial charge >= 0.3 is 0 Å². The van der Waals surface area contributed by atoms with Crippen LogP contribution in [0.3, 0.4) is 0 Å². The Morgan fingerprint density at radius 3 is 2.42 bits per heavy atom. The Morgan fingerprint density at radius 1 is 1.00 bits per heavy atom. The number of nitrogens with two attached hydrogens (primary N) is 1. The summed E-state index contributed by atoms with van der Waals surface area (Å²) >= 11 is 0. The molecular formula is C26H44N8O2. The molecule has 200 valence electrons. The molecule has 10 heteroatoms. The summed E-state index contributed by atoms with van der Waals surface area (Å²) in [5.74, 6) is 1.86. The molecule has 0 amide bonds. The summed E-state index contributed by atoms with van der Waals surface area (Å²) in [7, 11) is 0. The molecule has 1 aromatic carbocycles. The van der Waals surface area contributed by atoms with Crippen LogP contribution in [0, 0.1) is 0 Å². The molecule has 0 radical (unpaired) electrons. The van der Waals surface area contributed by atoms with E-state index in [-0.39, 0.29) is 6.61 Å². The van der Waals surface area contributed by atoms with Crippen molar-refractivity contribution in [2.24, 2.45) is 0 Å². The van der Waals surface area contributed by atoms with Crippen LogP contribution in [0.5, 0.6) is 0 Å². The summed E-state index contributed by atoms with van der Waals surface area (Å²) in [5, 5.41) is 19.1. The second-order valence-corrected chi connectivity index (χ2v) is 9.45. The lowest BCUT2D eigenvalue weighted by atomic mass is 10.1. The first-order valence-corrected chi connectivity index (χ1v) is 13.1. The summed E-state index contributed by atoms with van der Waals surface area (Å²) in [4.78, 5) is 13.7. The van der Waals surface area contributed by atoms with E-state index >= 15 is 0 Å². The van der Waals surface area contributed by atoms with E-state index in [1.54, 1.807) is 0 Å². The second-order valence-electron chi connectivity index (χ2n) is 9.45. The van der Waals surface area contributed by atoms with E-state index in [0.29, 0.717) is 37.6 Å². The van der Waals surface area contributed by atoms with Crippen molar-refractivity contribution >= 4 is 17.6 Å². The Morgan fingerprint density at radius 2 is 1.72 bits per heavy atom. The number of hydrogen-bond acceptors (Lipinski definition) is 10. The van der Waals surface area contributed by atoms with E-state index < -0.39 is 0 Å². The Balaban J connectivity index is 1.41. The number of anilines is 3. The molecule has 1 aliphatic heterocycles. The second kappa shape index (κ2) is 15.6. The molecule has 0 aliphatic carbocycles. The number of nitrogens with zero attached hydrogens (tertiary/aromatic N) is 4. The van der Waals surface area contributed by atoms with Crippen LogP contribution in [-0.2, 0) is 17.8 Å². The van der Waals surface area contributed by atoms with Gasteiger partial charge in [-0.15, -0.1) is 0 Å². The molecule has 36 heavy (non-hydrogen) atoms. The first-order chi connectivity index (χ1) is 17.5. The van der Waals surface area contributed by atoms with Crippen molar-refractivity contribution in [1.82, 2.24) is 25.5 Å². The predicted molar refractivity (Wildman–Crippen MR) is 146 cm³/mol. The van der Waals surface area contributed by atoms with Gasteiger partial charge < -0.3 is 36.4 Å². The minimum atomic E-state index is 0.0685. The minimum absolute atomic E-state index is 0.0685. The average molecular weight is 501 g/mol. The molecule has 0 saturated carbocycles. The number of aliphatic hydroxyl groups excluding tert-OH is 1. The van der Waals surface area contributed by atoms with Gasteiger partial charge in [-0.3, -0.25) is 4.90 Å². The van der Waals surface area contributed by atoms with Crippen molar-refractivity contribution in [3.8, 4) is 0 Å². The van der Waals surface area contributed by atoms with Crippen molar-refractivity contribution in [2.75, 3.05) is 81.6 Å². The maximum absolute atomic E-state index is 8.81. The summed E-state index contributed by atoms with van der Waals surface area (Å²) in [6.45, 7) is 13.5. The molecule has 3 rings (SSSR count). The highest BCUT2D eigenvalue weighted by atomic mass is 16.5. The zero-order valence-electron chi connectivity index (χ0n) is 21.9. The van der Waals surface area contributed by atoms with Crippen molar-refractivity contribution in [3.05, 3.63) is 41.5 Å². The molecule has 10 nitrogen and oxygen atoms in total. The molecule has 0 unspecified atom stereocenters. The van der Waals surface area contributed by atoms with Gasteiger partial charge in [-0.1, -0.05) is 38.1 Å². The summed E-state index contributed by atoms with van der Waals surface area (Å²) in [6, 6.07) is 11.0. The summed E-state index contributed by atoms with van der Waals surface area (Å²) in [6.07, 6.45) is 1.12. The van der Waals surface area contributed by atoms with Crippen molar-refractivity contribution in [2.45, 2.75) is 39.4 Å². The van der Waals surface area contributed by atoms with Crippen LogP contribution in [-0.4, -0.2) is 91.7 Å². The standard InChI is InChI=1S/C26H44N8O2/c1-21(2)29-9-3-8-28-19-22-4-6-23(7-5-22)20-30-26-31-24(27)18-25(32-26)34-12-10-33(11-13-34)14-16-36-17-15-35/h4-7,18,21,28-29,35H,3,8-17,19-20H2,1-2H3,(H3,27,30,31,32). The number of aliphatic hydroxyl groups is 1. The number of benzene rings is 1. The molecule has 0 bridgehead atoms. The van der Waals surface area contributed by atoms with Crippen LogP contribution in [0.4, 0.5) is 17.6 Å². The predicted octanol–water partition coefficient (Wildman–Crippen LogP) is 1.28. The van der Waals surface area contributed by atoms with Crippen molar-refractivity contribution in [1.29, 1.82) is 0 Å². The quantitative estimate of drug-likeness (QED) is 0.215. The van der Waals surface area contributed by atoms with Crippen LogP contribution in [0.2, 0.25) is 0 Å². The van der Waals surface area contributed by atoms with Gasteiger partial charge in [0.15, 0.2) is 0 Å². The van der Waals surface area contributed by atoms with E-state index in [4.69, 9.17) is 20.6 Å². The average Bonchev–Trinajstić information content (AvgIpc) is 2.88. The van der Waals surface area contributed by atoms with Crippen molar-refractivity contribution in [3.63, 3.8) is 0 Å². The van der Waals surface area contributed by atoms with Gasteiger partial charge in [0.25, 0.3) is 0 Å². The van der Waals surface area contributed by atoms with Crippen LogP contribution in [0.1, 0.15) is 31.4 Å². The summed E-state index contributed by atoms with van der Waals surface area (Å²) in [5.41, 5.74) is 8.54. The maximum Gasteiger partial charge on any atom is 0.226 e. The van der Waals surface area contributed by atoms with Crippen LogP contribution < -0.4 is 26.6 Å². The zero-order chi connectivity index (χ0) is 25.6.